The number of benzene rings is 1. The standard InChI is InChI=1S/C29H36N2O4/c1-17-18(2)29(33)35-28-19(3)25(10-9-23(17)28)34-16-26(32)31-12-6-7-20-13-21-14-22(27(20)31)15-30-11-5-4-8-24(21)30/h9-10,13,21-22,24,27H,4-8,11-12,14-16H2,1-3H3/t21-,22-,24+,27+/m1/s1. The van der Waals surface area contributed by atoms with Crippen LogP contribution >= 0.6 is 0 Å². The lowest BCUT2D eigenvalue weighted by atomic mass is 9.68. The van der Waals surface area contributed by atoms with Crippen LogP contribution in [0.2, 0.25) is 0 Å². The van der Waals surface area contributed by atoms with E-state index in [1.165, 1.54) is 37.8 Å². The summed E-state index contributed by atoms with van der Waals surface area (Å²) in [5, 5.41) is 0.911. The zero-order valence-electron chi connectivity index (χ0n) is 21.1. The van der Waals surface area contributed by atoms with Crippen molar-refractivity contribution in [3.8, 4) is 5.75 Å². The van der Waals surface area contributed by atoms with Crippen LogP contribution in [0.25, 0.3) is 11.0 Å². The molecule has 6 heteroatoms. The number of nitrogens with zero attached hydrogens (tertiary/aromatic N) is 2. The Morgan fingerprint density at radius 2 is 1.94 bits per heavy atom. The Morgan fingerprint density at radius 3 is 2.80 bits per heavy atom. The number of piperidine rings is 3. The molecule has 2 bridgehead atoms. The summed E-state index contributed by atoms with van der Waals surface area (Å²) in [6.07, 6.45) is 9.89. The number of hydrogen-bond donors (Lipinski definition) is 0. The molecule has 1 aromatic heterocycles. The van der Waals surface area contributed by atoms with Gasteiger partial charge in [-0.15, -0.1) is 0 Å². The molecule has 0 N–H and O–H groups in total. The summed E-state index contributed by atoms with van der Waals surface area (Å²) in [6, 6.07) is 4.75. The van der Waals surface area contributed by atoms with Crippen molar-refractivity contribution in [3.05, 3.63) is 50.9 Å². The van der Waals surface area contributed by atoms with Gasteiger partial charge in [0, 0.05) is 35.6 Å². The molecule has 4 heterocycles. The summed E-state index contributed by atoms with van der Waals surface area (Å²) in [7, 11) is 0. The molecule has 4 atom stereocenters. The Bertz CT molecular complexity index is 1260. The average molecular weight is 477 g/mol. The maximum Gasteiger partial charge on any atom is 0.339 e. The molecule has 35 heavy (non-hydrogen) atoms. The number of rotatable bonds is 3. The molecular formula is C29H36N2O4. The van der Waals surface area contributed by atoms with Gasteiger partial charge in [0.2, 0.25) is 0 Å². The highest BCUT2D eigenvalue weighted by atomic mass is 16.5. The second kappa shape index (κ2) is 8.81. The second-order valence-corrected chi connectivity index (χ2v) is 11.1. The third-order valence-corrected chi connectivity index (χ3v) is 9.15. The van der Waals surface area contributed by atoms with Crippen molar-refractivity contribution in [2.75, 3.05) is 26.2 Å². The van der Waals surface area contributed by atoms with Crippen LogP contribution in [0.3, 0.4) is 0 Å². The van der Waals surface area contributed by atoms with Crippen molar-refractivity contribution >= 4 is 16.9 Å². The lowest BCUT2D eigenvalue weighted by molar-refractivity contribution is -0.138. The summed E-state index contributed by atoms with van der Waals surface area (Å²) in [5.41, 5.74) is 4.03. The summed E-state index contributed by atoms with van der Waals surface area (Å²) in [5.74, 6) is 1.85. The van der Waals surface area contributed by atoms with Crippen LogP contribution in [0.4, 0.5) is 0 Å². The molecule has 6 nitrogen and oxygen atoms in total. The zero-order valence-corrected chi connectivity index (χ0v) is 21.1. The van der Waals surface area contributed by atoms with Gasteiger partial charge in [-0.1, -0.05) is 18.1 Å². The quantitative estimate of drug-likeness (QED) is 0.482. The first-order valence-corrected chi connectivity index (χ1v) is 13.3. The van der Waals surface area contributed by atoms with Crippen LogP contribution in [0.1, 0.15) is 55.2 Å². The Morgan fingerprint density at radius 1 is 1.09 bits per heavy atom. The minimum Gasteiger partial charge on any atom is -0.483 e. The number of carbonyl (C=O) groups excluding carboxylic acids is 1. The van der Waals surface area contributed by atoms with Crippen LogP contribution in [-0.2, 0) is 4.79 Å². The number of carbonyl (C=O) groups is 1. The molecule has 1 aliphatic carbocycles. The van der Waals surface area contributed by atoms with Crippen molar-refractivity contribution < 1.29 is 13.9 Å². The summed E-state index contributed by atoms with van der Waals surface area (Å²) in [4.78, 5) is 30.5. The van der Waals surface area contributed by atoms with Gasteiger partial charge >= 0.3 is 5.63 Å². The van der Waals surface area contributed by atoms with Crippen LogP contribution < -0.4 is 10.4 Å². The van der Waals surface area contributed by atoms with Gasteiger partial charge < -0.3 is 14.1 Å². The molecule has 1 aromatic carbocycles. The Balaban J connectivity index is 1.21. The van der Waals surface area contributed by atoms with Gasteiger partial charge in [0.25, 0.3) is 5.91 Å². The smallest absolute Gasteiger partial charge is 0.339 e. The number of likely N-dealkylation sites (tertiary alicyclic amines) is 1. The number of ether oxygens (including phenoxy) is 1. The molecule has 2 aromatic rings. The average Bonchev–Trinajstić information content (AvgIpc) is 2.87. The van der Waals surface area contributed by atoms with Gasteiger partial charge in [0.1, 0.15) is 11.3 Å². The van der Waals surface area contributed by atoms with Gasteiger partial charge in [-0.25, -0.2) is 4.79 Å². The van der Waals surface area contributed by atoms with E-state index in [1.54, 1.807) is 6.92 Å². The van der Waals surface area contributed by atoms with Gasteiger partial charge in [-0.2, -0.15) is 0 Å². The molecule has 0 spiro atoms. The first-order chi connectivity index (χ1) is 16.9. The van der Waals surface area contributed by atoms with E-state index < -0.39 is 0 Å². The first kappa shape index (κ1) is 22.8. The lowest BCUT2D eigenvalue weighted by Gasteiger charge is -2.54. The van der Waals surface area contributed by atoms with E-state index in [1.807, 2.05) is 26.0 Å². The molecule has 186 valence electrons. The molecule has 0 saturated carbocycles. The van der Waals surface area contributed by atoms with E-state index in [-0.39, 0.29) is 24.2 Å². The van der Waals surface area contributed by atoms with E-state index in [2.05, 4.69) is 15.9 Å². The Hall–Kier alpha value is -2.60. The third kappa shape index (κ3) is 3.81. The molecule has 1 amide bonds. The predicted octanol–water partition coefficient (Wildman–Crippen LogP) is 4.52. The van der Waals surface area contributed by atoms with Gasteiger partial charge in [-0.3, -0.25) is 9.69 Å². The van der Waals surface area contributed by atoms with Crippen molar-refractivity contribution in [2.45, 2.75) is 71.4 Å². The molecule has 4 aliphatic rings. The maximum absolute atomic E-state index is 13.5. The Kier molecular flexibility index (Phi) is 5.75. The minimum atomic E-state index is -0.321. The van der Waals surface area contributed by atoms with Gasteiger partial charge in [0.15, 0.2) is 6.61 Å². The number of aryl methyl sites for hydroxylation is 2. The number of amides is 1. The SMILES string of the molecule is Cc1c(C)c2ccc(OCC(=O)N3CCCC4=C[C@@H]5C[C@H](CN6CCCC[C@@H]56)[C@H]43)c(C)c2oc1=O. The monoisotopic (exact) mass is 476 g/mol. The predicted molar refractivity (Wildman–Crippen MR) is 136 cm³/mol. The molecule has 0 radical (unpaired) electrons. The summed E-state index contributed by atoms with van der Waals surface area (Å²) < 4.78 is 11.6. The van der Waals surface area contributed by atoms with E-state index in [4.69, 9.17) is 9.15 Å². The fourth-order valence-electron chi connectivity index (χ4n) is 7.26. The molecule has 0 unspecified atom stereocenters. The molecule has 6 rings (SSSR count). The van der Waals surface area contributed by atoms with Crippen LogP contribution in [-0.4, -0.2) is 54.0 Å². The van der Waals surface area contributed by atoms with Crippen molar-refractivity contribution in [1.29, 1.82) is 0 Å². The van der Waals surface area contributed by atoms with Crippen LogP contribution in [0.15, 0.2) is 33.0 Å². The molecular weight excluding hydrogens is 440 g/mol. The van der Waals surface area contributed by atoms with Crippen LogP contribution in [0, 0.1) is 32.6 Å². The van der Waals surface area contributed by atoms with Gasteiger partial charge in [-0.05, 0) is 89.0 Å². The summed E-state index contributed by atoms with van der Waals surface area (Å²) in [6.45, 7) is 8.75. The fraction of sp³-hybridized carbons (Fsp3) is 0.586. The fourth-order valence-corrected chi connectivity index (χ4v) is 7.26. The number of hydrogen-bond acceptors (Lipinski definition) is 5. The largest absolute Gasteiger partial charge is 0.483 e. The molecule has 3 saturated heterocycles. The highest BCUT2D eigenvalue weighted by molar-refractivity contribution is 5.86. The third-order valence-electron chi connectivity index (χ3n) is 9.15. The van der Waals surface area contributed by atoms with Crippen molar-refractivity contribution in [1.82, 2.24) is 9.80 Å². The normalized spacial score (nSPS) is 28.3. The lowest BCUT2D eigenvalue weighted by Crippen LogP contribution is -2.60. The highest BCUT2D eigenvalue weighted by Gasteiger charge is 2.46. The van der Waals surface area contributed by atoms with E-state index in [0.717, 1.165) is 42.4 Å². The van der Waals surface area contributed by atoms with Crippen LogP contribution in [0.5, 0.6) is 5.75 Å². The van der Waals surface area contributed by atoms with Gasteiger partial charge in [0.05, 0.1) is 6.04 Å². The first-order valence-electron chi connectivity index (χ1n) is 13.3. The highest BCUT2D eigenvalue weighted by Crippen LogP contribution is 2.45. The minimum absolute atomic E-state index is 0.00763. The molecule has 3 fully saturated rings. The second-order valence-electron chi connectivity index (χ2n) is 11.1. The summed E-state index contributed by atoms with van der Waals surface area (Å²) >= 11 is 0. The topological polar surface area (TPSA) is 63.0 Å². The van der Waals surface area contributed by atoms with Crippen molar-refractivity contribution in [2.24, 2.45) is 11.8 Å². The van der Waals surface area contributed by atoms with E-state index in [0.29, 0.717) is 34.8 Å². The van der Waals surface area contributed by atoms with E-state index >= 15 is 0 Å². The Labute approximate surface area is 206 Å². The maximum atomic E-state index is 13.5. The van der Waals surface area contributed by atoms with Crippen molar-refractivity contribution in [3.63, 3.8) is 0 Å². The zero-order chi connectivity index (χ0) is 24.3. The number of fused-ring (bicyclic) bond motifs is 7. The molecule has 3 aliphatic heterocycles. The van der Waals surface area contributed by atoms with E-state index in [9.17, 15) is 9.59 Å².